The second-order valence-corrected chi connectivity index (χ2v) is 4.61. The number of nitrogens with zero attached hydrogens (tertiary/aromatic N) is 4. The van der Waals surface area contributed by atoms with Crippen LogP contribution in [0.2, 0.25) is 0 Å². The van der Waals surface area contributed by atoms with Crippen LogP contribution in [0.15, 0.2) is 42.5 Å². The molecular weight excluding hydrogens is 302 g/mol. The van der Waals surface area contributed by atoms with Crippen LogP contribution in [0, 0.1) is 23.0 Å². The lowest BCUT2D eigenvalue weighted by Gasteiger charge is -2.11. The SMILES string of the molecule is COc1ccccc1-n1nnc(C#N)c1-c1ccc(F)c(F)c1. The second kappa shape index (κ2) is 5.85. The van der Waals surface area contributed by atoms with Crippen molar-refractivity contribution >= 4 is 0 Å². The van der Waals surface area contributed by atoms with Gasteiger partial charge >= 0.3 is 0 Å². The Bertz CT molecular complexity index is 915. The van der Waals surface area contributed by atoms with Gasteiger partial charge in [-0.15, -0.1) is 5.10 Å². The van der Waals surface area contributed by atoms with Gasteiger partial charge in [-0.2, -0.15) is 5.26 Å². The average Bonchev–Trinajstić information content (AvgIpc) is 3.01. The molecule has 5 nitrogen and oxygen atoms in total. The Balaban J connectivity index is 2.26. The molecule has 0 atom stereocenters. The molecule has 7 heteroatoms. The van der Waals surface area contributed by atoms with Gasteiger partial charge in [0.2, 0.25) is 0 Å². The zero-order valence-electron chi connectivity index (χ0n) is 12.0. The Hall–Kier alpha value is -3.27. The van der Waals surface area contributed by atoms with Gasteiger partial charge in [0.1, 0.15) is 23.2 Å². The fourth-order valence-electron chi connectivity index (χ4n) is 2.23. The molecule has 0 amide bonds. The molecule has 0 spiro atoms. The van der Waals surface area contributed by atoms with Crippen molar-refractivity contribution in [1.82, 2.24) is 15.0 Å². The Morgan fingerprint density at radius 2 is 1.91 bits per heavy atom. The fraction of sp³-hybridized carbons (Fsp3) is 0.0625. The van der Waals surface area contributed by atoms with Crippen molar-refractivity contribution in [3.63, 3.8) is 0 Å². The summed E-state index contributed by atoms with van der Waals surface area (Å²) >= 11 is 0. The summed E-state index contributed by atoms with van der Waals surface area (Å²) in [5, 5.41) is 17.0. The first-order chi connectivity index (χ1) is 11.2. The zero-order chi connectivity index (χ0) is 16.4. The van der Waals surface area contributed by atoms with E-state index in [0.717, 1.165) is 12.1 Å². The van der Waals surface area contributed by atoms with E-state index in [1.807, 2.05) is 6.07 Å². The molecule has 0 unspecified atom stereocenters. The van der Waals surface area contributed by atoms with Crippen LogP contribution in [0.4, 0.5) is 8.78 Å². The van der Waals surface area contributed by atoms with E-state index in [2.05, 4.69) is 10.3 Å². The number of ether oxygens (including phenoxy) is 1. The molecule has 0 fully saturated rings. The number of aromatic nitrogens is 3. The fourth-order valence-corrected chi connectivity index (χ4v) is 2.23. The van der Waals surface area contributed by atoms with E-state index >= 15 is 0 Å². The molecule has 1 aromatic heterocycles. The minimum atomic E-state index is -1.01. The maximum Gasteiger partial charge on any atom is 0.191 e. The highest BCUT2D eigenvalue weighted by molar-refractivity contribution is 5.68. The maximum absolute atomic E-state index is 13.6. The smallest absolute Gasteiger partial charge is 0.191 e. The molecular formula is C16H10F2N4O. The molecule has 0 aliphatic carbocycles. The highest BCUT2D eigenvalue weighted by Gasteiger charge is 2.19. The Morgan fingerprint density at radius 1 is 1.13 bits per heavy atom. The van der Waals surface area contributed by atoms with E-state index in [0.29, 0.717) is 11.4 Å². The summed E-state index contributed by atoms with van der Waals surface area (Å²) in [6.45, 7) is 0. The first-order valence-corrected chi connectivity index (χ1v) is 6.60. The first-order valence-electron chi connectivity index (χ1n) is 6.60. The highest BCUT2D eigenvalue weighted by atomic mass is 19.2. The van der Waals surface area contributed by atoms with Gasteiger partial charge in [-0.1, -0.05) is 17.3 Å². The molecule has 23 heavy (non-hydrogen) atoms. The average molecular weight is 312 g/mol. The summed E-state index contributed by atoms with van der Waals surface area (Å²) in [6, 6.07) is 12.2. The normalized spacial score (nSPS) is 10.3. The van der Waals surface area contributed by atoms with Crippen LogP contribution in [0.5, 0.6) is 5.75 Å². The van der Waals surface area contributed by atoms with Gasteiger partial charge < -0.3 is 4.74 Å². The van der Waals surface area contributed by atoms with Crippen LogP contribution in [0.3, 0.4) is 0 Å². The summed E-state index contributed by atoms with van der Waals surface area (Å²) in [7, 11) is 1.50. The third-order valence-corrected chi connectivity index (χ3v) is 3.28. The molecule has 0 radical (unpaired) electrons. The highest BCUT2D eigenvalue weighted by Crippen LogP contribution is 2.30. The van der Waals surface area contributed by atoms with Crippen molar-refractivity contribution in [3.05, 3.63) is 59.8 Å². The van der Waals surface area contributed by atoms with Gasteiger partial charge in [0.15, 0.2) is 17.3 Å². The van der Waals surface area contributed by atoms with E-state index in [9.17, 15) is 14.0 Å². The minimum Gasteiger partial charge on any atom is -0.494 e. The Kier molecular flexibility index (Phi) is 3.73. The third kappa shape index (κ3) is 2.51. The molecule has 0 saturated carbocycles. The van der Waals surface area contributed by atoms with Gasteiger partial charge in [-0.3, -0.25) is 0 Å². The molecule has 0 aliphatic heterocycles. The number of methoxy groups -OCH3 is 1. The molecule has 0 N–H and O–H groups in total. The lowest BCUT2D eigenvalue weighted by Crippen LogP contribution is -2.02. The van der Waals surface area contributed by atoms with Crippen molar-refractivity contribution in [2.75, 3.05) is 7.11 Å². The van der Waals surface area contributed by atoms with E-state index in [1.54, 1.807) is 24.3 Å². The summed E-state index contributed by atoms with van der Waals surface area (Å²) in [5.74, 6) is -1.48. The summed E-state index contributed by atoms with van der Waals surface area (Å²) in [4.78, 5) is 0. The molecule has 3 aromatic rings. The molecule has 2 aromatic carbocycles. The van der Waals surface area contributed by atoms with Gasteiger partial charge in [-0.25, -0.2) is 13.5 Å². The number of benzene rings is 2. The van der Waals surface area contributed by atoms with Crippen LogP contribution in [0.1, 0.15) is 5.69 Å². The maximum atomic E-state index is 13.6. The van der Waals surface area contributed by atoms with Gasteiger partial charge in [0.05, 0.1) is 7.11 Å². The number of rotatable bonds is 3. The molecule has 0 saturated heterocycles. The lowest BCUT2D eigenvalue weighted by molar-refractivity contribution is 0.411. The topological polar surface area (TPSA) is 63.7 Å². The van der Waals surface area contributed by atoms with Crippen molar-refractivity contribution in [1.29, 1.82) is 5.26 Å². The number of para-hydroxylation sites is 2. The van der Waals surface area contributed by atoms with Crippen LogP contribution in [0.25, 0.3) is 16.9 Å². The van der Waals surface area contributed by atoms with Crippen molar-refractivity contribution in [3.8, 4) is 28.8 Å². The van der Waals surface area contributed by atoms with Crippen LogP contribution >= 0.6 is 0 Å². The Morgan fingerprint density at radius 3 is 2.61 bits per heavy atom. The van der Waals surface area contributed by atoms with Crippen LogP contribution in [-0.4, -0.2) is 22.1 Å². The standard InChI is InChI=1S/C16H10F2N4O/c1-23-15-5-3-2-4-14(15)22-16(13(9-19)20-21-22)10-6-7-11(17)12(18)8-10/h2-8H,1H3. The van der Waals surface area contributed by atoms with Crippen LogP contribution < -0.4 is 4.74 Å². The van der Waals surface area contributed by atoms with Gasteiger partial charge in [-0.05, 0) is 30.3 Å². The minimum absolute atomic E-state index is 0.00177. The summed E-state index contributed by atoms with van der Waals surface area (Å²) in [6.07, 6.45) is 0. The third-order valence-electron chi connectivity index (χ3n) is 3.28. The van der Waals surface area contributed by atoms with Crippen LogP contribution in [-0.2, 0) is 0 Å². The molecule has 3 rings (SSSR count). The summed E-state index contributed by atoms with van der Waals surface area (Å²) < 4.78 is 33.4. The number of halogens is 2. The predicted octanol–water partition coefficient (Wildman–Crippen LogP) is 3.09. The largest absolute Gasteiger partial charge is 0.494 e. The van der Waals surface area contributed by atoms with Gasteiger partial charge in [0.25, 0.3) is 0 Å². The zero-order valence-corrected chi connectivity index (χ0v) is 12.0. The molecule has 0 bridgehead atoms. The number of nitriles is 1. The number of hydrogen-bond acceptors (Lipinski definition) is 4. The van der Waals surface area contributed by atoms with Crippen molar-refractivity contribution in [2.45, 2.75) is 0 Å². The molecule has 0 aliphatic rings. The van der Waals surface area contributed by atoms with Crippen molar-refractivity contribution in [2.24, 2.45) is 0 Å². The monoisotopic (exact) mass is 312 g/mol. The first kappa shape index (κ1) is 14.7. The van der Waals surface area contributed by atoms with E-state index < -0.39 is 11.6 Å². The van der Waals surface area contributed by atoms with E-state index in [1.165, 1.54) is 17.9 Å². The van der Waals surface area contributed by atoms with E-state index in [-0.39, 0.29) is 17.0 Å². The van der Waals surface area contributed by atoms with Gasteiger partial charge in [0, 0.05) is 5.56 Å². The lowest BCUT2D eigenvalue weighted by atomic mass is 10.1. The Labute approximate surface area is 130 Å². The van der Waals surface area contributed by atoms with Crippen molar-refractivity contribution < 1.29 is 13.5 Å². The second-order valence-electron chi connectivity index (χ2n) is 4.61. The molecule has 1 heterocycles. The predicted molar refractivity (Wildman–Crippen MR) is 78.0 cm³/mol. The van der Waals surface area contributed by atoms with E-state index in [4.69, 9.17) is 4.74 Å². The quantitative estimate of drug-likeness (QED) is 0.745. The molecule has 114 valence electrons. The number of hydrogen-bond donors (Lipinski definition) is 0. The summed E-state index contributed by atoms with van der Waals surface area (Å²) in [5.41, 5.74) is 1.08.